The second kappa shape index (κ2) is 5.06. The van der Waals surface area contributed by atoms with E-state index < -0.39 is 16.1 Å². The highest BCUT2D eigenvalue weighted by Gasteiger charge is 2.28. The lowest BCUT2D eigenvalue weighted by atomic mass is 9.93. The van der Waals surface area contributed by atoms with Gasteiger partial charge in [0.2, 0.25) is 10.0 Å². The summed E-state index contributed by atoms with van der Waals surface area (Å²) >= 11 is 1.25. The molecule has 2 rings (SSSR count). The minimum atomic E-state index is -3.46. The Kier molecular flexibility index (Phi) is 3.87. The van der Waals surface area contributed by atoms with E-state index in [-0.39, 0.29) is 6.04 Å². The van der Waals surface area contributed by atoms with E-state index >= 15 is 0 Å². The van der Waals surface area contributed by atoms with E-state index in [1.54, 1.807) is 12.1 Å². The lowest BCUT2D eigenvalue weighted by Gasteiger charge is -2.27. The van der Waals surface area contributed by atoms with Crippen LogP contribution in [0.2, 0.25) is 0 Å². The Bertz CT molecular complexity index is 481. The molecule has 6 heteroatoms. The van der Waals surface area contributed by atoms with Crippen LogP contribution in [0.3, 0.4) is 0 Å². The van der Waals surface area contributed by atoms with Crippen LogP contribution < -0.4 is 4.72 Å². The third-order valence-corrected chi connectivity index (χ3v) is 6.00. The second-order valence-corrected chi connectivity index (χ2v) is 7.67. The van der Waals surface area contributed by atoms with Gasteiger partial charge in [-0.2, -0.15) is 0 Å². The summed E-state index contributed by atoms with van der Waals surface area (Å²) in [6, 6.07) is 3.06. The molecule has 0 amide bonds. The van der Waals surface area contributed by atoms with Crippen molar-refractivity contribution in [2.24, 2.45) is 0 Å². The van der Waals surface area contributed by atoms with Crippen molar-refractivity contribution in [1.29, 1.82) is 0 Å². The summed E-state index contributed by atoms with van der Waals surface area (Å²) in [5.41, 5.74) is 0. The lowest BCUT2D eigenvalue weighted by molar-refractivity contribution is 0.101. The summed E-state index contributed by atoms with van der Waals surface area (Å²) in [6.07, 6.45) is 2.77. The fourth-order valence-corrected chi connectivity index (χ4v) is 4.67. The van der Waals surface area contributed by atoms with Gasteiger partial charge in [0.1, 0.15) is 4.21 Å². The molecule has 1 aromatic rings. The van der Waals surface area contributed by atoms with E-state index in [1.165, 1.54) is 11.3 Å². The van der Waals surface area contributed by atoms with Crippen molar-refractivity contribution in [3.63, 3.8) is 0 Å². The maximum Gasteiger partial charge on any atom is 0.250 e. The average molecular weight is 275 g/mol. The van der Waals surface area contributed by atoms with Crippen LogP contribution in [0, 0.1) is 6.92 Å². The van der Waals surface area contributed by atoms with Crippen LogP contribution in [-0.4, -0.2) is 25.7 Å². The van der Waals surface area contributed by atoms with Gasteiger partial charge in [0, 0.05) is 10.9 Å². The molecular weight excluding hydrogens is 258 g/mol. The summed E-state index contributed by atoms with van der Waals surface area (Å²) in [7, 11) is -3.46. The first-order valence-corrected chi connectivity index (χ1v) is 8.06. The van der Waals surface area contributed by atoms with Crippen LogP contribution in [0.15, 0.2) is 16.3 Å². The topological polar surface area (TPSA) is 66.4 Å². The van der Waals surface area contributed by atoms with Crippen molar-refractivity contribution >= 4 is 21.4 Å². The molecule has 0 aromatic carbocycles. The standard InChI is InChI=1S/C11H17NO3S2/c1-8-6-7-11(16-8)17(14,15)12-9-4-2-3-5-10(9)13/h6-7,9-10,12-13H,2-5H2,1H3/t9-,10-/m1/s1. The number of aliphatic hydroxyl groups excluding tert-OH is 1. The van der Waals surface area contributed by atoms with Gasteiger partial charge in [0.25, 0.3) is 0 Å². The van der Waals surface area contributed by atoms with Crippen molar-refractivity contribution in [2.45, 2.75) is 49.0 Å². The van der Waals surface area contributed by atoms with Crippen molar-refractivity contribution < 1.29 is 13.5 Å². The van der Waals surface area contributed by atoms with E-state index in [0.29, 0.717) is 17.1 Å². The predicted octanol–water partition coefficient (Wildman–Crippen LogP) is 1.64. The van der Waals surface area contributed by atoms with Crippen LogP contribution >= 0.6 is 11.3 Å². The van der Waals surface area contributed by atoms with Crippen molar-refractivity contribution in [2.75, 3.05) is 0 Å². The average Bonchev–Trinajstić information content (AvgIpc) is 2.69. The Morgan fingerprint density at radius 3 is 2.65 bits per heavy atom. The van der Waals surface area contributed by atoms with Gasteiger partial charge in [-0.3, -0.25) is 0 Å². The quantitative estimate of drug-likeness (QED) is 0.881. The molecule has 1 aliphatic rings. The predicted molar refractivity (Wildman–Crippen MR) is 67.6 cm³/mol. The zero-order chi connectivity index (χ0) is 12.5. The minimum Gasteiger partial charge on any atom is -0.391 e. The monoisotopic (exact) mass is 275 g/mol. The smallest absolute Gasteiger partial charge is 0.250 e. The number of nitrogens with one attached hydrogen (secondary N) is 1. The third kappa shape index (κ3) is 3.07. The molecule has 96 valence electrons. The molecule has 17 heavy (non-hydrogen) atoms. The molecule has 0 unspecified atom stereocenters. The van der Waals surface area contributed by atoms with Gasteiger partial charge in [0.15, 0.2) is 0 Å². The SMILES string of the molecule is Cc1ccc(S(=O)(=O)N[C@@H]2CCCC[C@H]2O)s1. The summed E-state index contributed by atoms with van der Waals surface area (Å²) in [6.45, 7) is 1.87. The molecule has 0 bridgehead atoms. The molecule has 0 radical (unpaired) electrons. The van der Waals surface area contributed by atoms with Gasteiger partial charge in [-0.1, -0.05) is 12.8 Å². The number of thiophene rings is 1. The number of hydrogen-bond acceptors (Lipinski definition) is 4. The summed E-state index contributed by atoms with van der Waals surface area (Å²) < 4.78 is 27.0. The normalized spacial score (nSPS) is 26.0. The first-order chi connectivity index (χ1) is 7.99. The Balaban J connectivity index is 2.11. The number of hydrogen-bond donors (Lipinski definition) is 2. The highest BCUT2D eigenvalue weighted by Crippen LogP contribution is 2.24. The highest BCUT2D eigenvalue weighted by atomic mass is 32.2. The van der Waals surface area contributed by atoms with Crippen molar-refractivity contribution in [3.05, 3.63) is 17.0 Å². The molecule has 0 spiro atoms. The second-order valence-electron chi connectivity index (χ2n) is 4.44. The summed E-state index contributed by atoms with van der Waals surface area (Å²) in [4.78, 5) is 0.967. The van der Waals surface area contributed by atoms with Gasteiger partial charge in [-0.05, 0) is 31.9 Å². The molecule has 0 saturated heterocycles. The Labute approximate surface area is 106 Å². The van der Waals surface area contributed by atoms with Gasteiger partial charge in [-0.25, -0.2) is 13.1 Å². The largest absolute Gasteiger partial charge is 0.391 e. The molecule has 4 nitrogen and oxygen atoms in total. The lowest BCUT2D eigenvalue weighted by Crippen LogP contribution is -2.44. The maximum absolute atomic E-state index is 12.0. The number of sulfonamides is 1. The van der Waals surface area contributed by atoms with Gasteiger partial charge < -0.3 is 5.11 Å². The van der Waals surface area contributed by atoms with Crippen LogP contribution in [0.1, 0.15) is 30.6 Å². The van der Waals surface area contributed by atoms with Crippen molar-refractivity contribution in [3.8, 4) is 0 Å². The first-order valence-electron chi connectivity index (χ1n) is 5.76. The molecule has 2 atom stereocenters. The van der Waals surface area contributed by atoms with Gasteiger partial charge in [0.05, 0.1) is 6.10 Å². The highest BCUT2D eigenvalue weighted by molar-refractivity contribution is 7.91. The van der Waals surface area contributed by atoms with Crippen LogP contribution in [0.5, 0.6) is 0 Å². The Hall–Kier alpha value is -0.430. The van der Waals surface area contributed by atoms with E-state index in [4.69, 9.17) is 0 Å². The molecule has 0 aliphatic heterocycles. The molecule has 1 heterocycles. The number of aliphatic hydroxyl groups is 1. The molecule has 1 fully saturated rings. The van der Waals surface area contributed by atoms with Crippen LogP contribution in [0.25, 0.3) is 0 Å². The summed E-state index contributed by atoms with van der Waals surface area (Å²) in [5, 5.41) is 9.76. The van der Waals surface area contributed by atoms with E-state index in [1.807, 2.05) is 6.92 Å². The van der Waals surface area contributed by atoms with Gasteiger partial charge in [-0.15, -0.1) is 11.3 Å². The minimum absolute atomic E-state index is 0.327. The molecule has 2 N–H and O–H groups in total. The Morgan fingerprint density at radius 2 is 2.06 bits per heavy atom. The molecule has 1 aromatic heterocycles. The van der Waals surface area contributed by atoms with E-state index in [0.717, 1.165) is 17.7 Å². The fourth-order valence-electron chi connectivity index (χ4n) is 2.06. The zero-order valence-corrected chi connectivity index (χ0v) is 11.4. The molecule has 1 saturated carbocycles. The molecule has 1 aliphatic carbocycles. The van der Waals surface area contributed by atoms with E-state index in [9.17, 15) is 13.5 Å². The summed E-state index contributed by atoms with van der Waals surface area (Å²) in [5.74, 6) is 0. The number of rotatable bonds is 3. The zero-order valence-electron chi connectivity index (χ0n) is 9.72. The maximum atomic E-state index is 12.0. The third-order valence-electron chi connectivity index (χ3n) is 3.02. The van der Waals surface area contributed by atoms with Crippen LogP contribution in [0.4, 0.5) is 0 Å². The number of aryl methyl sites for hydroxylation is 1. The molecular formula is C11H17NO3S2. The van der Waals surface area contributed by atoms with Crippen LogP contribution in [-0.2, 0) is 10.0 Å². The Morgan fingerprint density at radius 1 is 1.35 bits per heavy atom. The van der Waals surface area contributed by atoms with Crippen molar-refractivity contribution in [1.82, 2.24) is 4.72 Å². The van der Waals surface area contributed by atoms with E-state index in [2.05, 4.69) is 4.72 Å². The fraction of sp³-hybridized carbons (Fsp3) is 0.636. The first kappa shape index (κ1) is 13.0. The van der Waals surface area contributed by atoms with Gasteiger partial charge >= 0.3 is 0 Å².